The van der Waals surface area contributed by atoms with Gasteiger partial charge in [-0.1, -0.05) is 19.8 Å². The Hall–Kier alpha value is -1.58. The summed E-state index contributed by atoms with van der Waals surface area (Å²) in [5.41, 5.74) is 0. The fraction of sp³-hybridized carbons (Fsp3) is 0.611. The summed E-state index contributed by atoms with van der Waals surface area (Å²) in [6.07, 6.45) is 9.19. The molecule has 0 aliphatic heterocycles. The van der Waals surface area contributed by atoms with Crippen LogP contribution in [0.25, 0.3) is 0 Å². The van der Waals surface area contributed by atoms with Crippen molar-refractivity contribution in [2.75, 3.05) is 6.54 Å². The molecule has 0 bridgehead atoms. The summed E-state index contributed by atoms with van der Waals surface area (Å²) in [5.74, 6) is 3.34. The standard InChI is InChI=1S/C18H28N6O.HI/c1-14-6-3-4-8-16(14)23-18(19-10-9-15-7-5-11-25-15)20-12-17-21-13-22-24(17)2;/h5,7,11,13-14,16H,3-4,6,8-10,12H2,1-2H3,(H2,19,20,23);1H. The van der Waals surface area contributed by atoms with E-state index in [1.54, 1.807) is 17.3 Å². The van der Waals surface area contributed by atoms with Crippen LogP contribution in [0.4, 0.5) is 0 Å². The highest BCUT2D eigenvalue weighted by Gasteiger charge is 2.22. The molecule has 2 aromatic rings. The molecule has 2 heterocycles. The first-order chi connectivity index (χ1) is 12.2. The number of hydrogen-bond donors (Lipinski definition) is 2. The maximum absolute atomic E-state index is 5.40. The van der Waals surface area contributed by atoms with E-state index in [1.807, 2.05) is 19.2 Å². The molecule has 0 spiro atoms. The molecule has 0 aromatic carbocycles. The van der Waals surface area contributed by atoms with E-state index >= 15 is 0 Å². The Morgan fingerprint density at radius 2 is 2.23 bits per heavy atom. The third-order valence-electron chi connectivity index (χ3n) is 4.86. The van der Waals surface area contributed by atoms with Gasteiger partial charge in [0.05, 0.1) is 6.26 Å². The van der Waals surface area contributed by atoms with Gasteiger partial charge in [-0.05, 0) is 30.9 Å². The van der Waals surface area contributed by atoms with Gasteiger partial charge in [-0.15, -0.1) is 24.0 Å². The van der Waals surface area contributed by atoms with Crippen LogP contribution in [0.15, 0.2) is 34.1 Å². The molecule has 2 unspecified atom stereocenters. The first-order valence-corrected chi connectivity index (χ1v) is 9.12. The van der Waals surface area contributed by atoms with Crippen LogP contribution < -0.4 is 10.6 Å². The summed E-state index contributed by atoms with van der Waals surface area (Å²) in [6.45, 7) is 3.60. The molecule has 2 aromatic heterocycles. The lowest BCUT2D eigenvalue weighted by atomic mass is 9.86. The average Bonchev–Trinajstić information content (AvgIpc) is 3.26. The second kappa shape index (κ2) is 10.5. The number of nitrogens with zero attached hydrogens (tertiary/aromatic N) is 4. The Balaban J connectivity index is 0.00000243. The molecule has 0 saturated heterocycles. The van der Waals surface area contributed by atoms with E-state index in [0.29, 0.717) is 18.5 Å². The third-order valence-corrected chi connectivity index (χ3v) is 4.86. The van der Waals surface area contributed by atoms with Gasteiger partial charge >= 0.3 is 0 Å². The monoisotopic (exact) mass is 472 g/mol. The normalized spacial score (nSPS) is 20.5. The van der Waals surface area contributed by atoms with Crippen molar-refractivity contribution in [3.8, 4) is 0 Å². The van der Waals surface area contributed by atoms with Crippen LogP contribution in [0, 0.1) is 5.92 Å². The first-order valence-electron chi connectivity index (χ1n) is 9.12. The van der Waals surface area contributed by atoms with Crippen molar-refractivity contribution in [3.63, 3.8) is 0 Å². The Bertz CT molecular complexity index is 669. The summed E-state index contributed by atoms with van der Waals surface area (Å²) in [7, 11) is 1.89. The highest BCUT2D eigenvalue weighted by atomic mass is 127. The van der Waals surface area contributed by atoms with E-state index in [0.717, 1.165) is 30.5 Å². The molecule has 0 amide bonds. The third kappa shape index (κ3) is 6.00. The van der Waals surface area contributed by atoms with Crippen LogP contribution in [-0.4, -0.2) is 33.3 Å². The van der Waals surface area contributed by atoms with Gasteiger partial charge in [-0.3, -0.25) is 4.68 Å². The summed E-state index contributed by atoms with van der Waals surface area (Å²) in [5, 5.41) is 11.1. The molecule has 1 aliphatic carbocycles. The van der Waals surface area contributed by atoms with E-state index in [9.17, 15) is 0 Å². The molecule has 0 radical (unpaired) electrons. The summed E-state index contributed by atoms with van der Waals surface area (Å²) < 4.78 is 7.15. The van der Waals surface area contributed by atoms with E-state index in [-0.39, 0.29) is 24.0 Å². The van der Waals surface area contributed by atoms with Gasteiger partial charge in [0.15, 0.2) is 5.96 Å². The second-order valence-electron chi connectivity index (χ2n) is 6.73. The van der Waals surface area contributed by atoms with Crippen molar-refractivity contribution in [1.82, 2.24) is 25.4 Å². The molecule has 1 aliphatic rings. The van der Waals surface area contributed by atoms with Crippen LogP contribution in [-0.2, 0) is 20.0 Å². The molecular formula is C18H29IN6O. The predicted molar refractivity (Wildman–Crippen MR) is 113 cm³/mol. The maximum Gasteiger partial charge on any atom is 0.191 e. The van der Waals surface area contributed by atoms with Gasteiger partial charge in [0.2, 0.25) is 0 Å². The van der Waals surface area contributed by atoms with E-state index in [2.05, 4.69) is 27.6 Å². The van der Waals surface area contributed by atoms with E-state index < -0.39 is 0 Å². The highest BCUT2D eigenvalue weighted by molar-refractivity contribution is 14.0. The minimum absolute atomic E-state index is 0. The summed E-state index contributed by atoms with van der Waals surface area (Å²) in [6, 6.07) is 4.39. The molecule has 26 heavy (non-hydrogen) atoms. The smallest absolute Gasteiger partial charge is 0.191 e. The number of aryl methyl sites for hydroxylation is 1. The van der Waals surface area contributed by atoms with Crippen LogP contribution in [0.5, 0.6) is 0 Å². The Morgan fingerprint density at radius 1 is 1.38 bits per heavy atom. The quantitative estimate of drug-likeness (QED) is 0.384. The first kappa shape index (κ1) is 20.7. The van der Waals surface area contributed by atoms with Gasteiger partial charge in [-0.2, -0.15) is 5.10 Å². The number of halogens is 1. The van der Waals surface area contributed by atoms with Crippen molar-refractivity contribution in [1.29, 1.82) is 0 Å². The molecule has 1 fully saturated rings. The van der Waals surface area contributed by atoms with Crippen LogP contribution in [0.3, 0.4) is 0 Å². The lowest BCUT2D eigenvalue weighted by Crippen LogP contribution is -2.47. The Kier molecular flexibility index (Phi) is 8.40. The molecule has 7 nitrogen and oxygen atoms in total. The molecule has 144 valence electrons. The van der Waals surface area contributed by atoms with Crippen LogP contribution >= 0.6 is 24.0 Å². The topological polar surface area (TPSA) is 80.3 Å². The van der Waals surface area contributed by atoms with Gasteiger partial charge in [0, 0.05) is 26.1 Å². The lowest BCUT2D eigenvalue weighted by molar-refractivity contribution is 0.306. The second-order valence-corrected chi connectivity index (χ2v) is 6.73. The zero-order valence-corrected chi connectivity index (χ0v) is 17.8. The minimum Gasteiger partial charge on any atom is -0.469 e. The lowest BCUT2D eigenvalue weighted by Gasteiger charge is -2.31. The number of guanidine groups is 1. The fourth-order valence-corrected chi connectivity index (χ4v) is 3.23. The zero-order chi connectivity index (χ0) is 17.5. The summed E-state index contributed by atoms with van der Waals surface area (Å²) >= 11 is 0. The maximum atomic E-state index is 5.40. The van der Waals surface area contributed by atoms with Crippen LogP contribution in [0.2, 0.25) is 0 Å². The molecule has 1 saturated carbocycles. The van der Waals surface area contributed by atoms with Crippen molar-refractivity contribution >= 4 is 29.9 Å². The number of aliphatic imine (C=N–C) groups is 1. The molecule has 8 heteroatoms. The number of nitrogens with one attached hydrogen (secondary N) is 2. The fourth-order valence-electron chi connectivity index (χ4n) is 3.23. The Morgan fingerprint density at radius 3 is 2.92 bits per heavy atom. The van der Waals surface area contributed by atoms with Gasteiger partial charge in [0.1, 0.15) is 24.5 Å². The van der Waals surface area contributed by atoms with Gasteiger partial charge < -0.3 is 15.1 Å². The average molecular weight is 472 g/mol. The molecule has 3 rings (SSSR count). The van der Waals surface area contributed by atoms with Crippen molar-refractivity contribution < 1.29 is 4.42 Å². The van der Waals surface area contributed by atoms with Crippen LogP contribution in [0.1, 0.15) is 44.2 Å². The summed E-state index contributed by atoms with van der Waals surface area (Å²) in [4.78, 5) is 8.96. The predicted octanol–water partition coefficient (Wildman–Crippen LogP) is 2.88. The number of aromatic nitrogens is 3. The highest BCUT2D eigenvalue weighted by Crippen LogP contribution is 2.23. The molecule has 2 N–H and O–H groups in total. The number of rotatable bonds is 6. The number of furan rings is 1. The zero-order valence-electron chi connectivity index (χ0n) is 15.5. The van der Waals surface area contributed by atoms with Crippen molar-refractivity contribution in [3.05, 3.63) is 36.3 Å². The van der Waals surface area contributed by atoms with E-state index in [1.165, 1.54) is 25.7 Å². The SMILES string of the molecule is CC1CCCCC1NC(=NCc1ncnn1C)NCCc1ccco1.I. The minimum atomic E-state index is 0. The van der Waals surface area contributed by atoms with Gasteiger partial charge in [0.25, 0.3) is 0 Å². The molecule has 2 atom stereocenters. The van der Waals surface area contributed by atoms with Crippen molar-refractivity contribution in [2.24, 2.45) is 18.0 Å². The number of hydrogen-bond acceptors (Lipinski definition) is 4. The molecular weight excluding hydrogens is 443 g/mol. The van der Waals surface area contributed by atoms with Crippen molar-refractivity contribution in [2.45, 2.75) is 51.6 Å². The van der Waals surface area contributed by atoms with Gasteiger partial charge in [-0.25, -0.2) is 9.98 Å². The van der Waals surface area contributed by atoms with E-state index in [4.69, 9.17) is 9.41 Å². The largest absolute Gasteiger partial charge is 0.469 e. The Labute approximate surface area is 172 Å².